The fourth-order valence-electron chi connectivity index (χ4n) is 5.18. The highest BCUT2D eigenvalue weighted by atomic mass is 79.9. The van der Waals surface area contributed by atoms with E-state index < -0.39 is 0 Å². The van der Waals surface area contributed by atoms with Gasteiger partial charge in [0, 0.05) is 36.1 Å². The number of nitrogens with zero attached hydrogens (tertiary/aromatic N) is 1. The molecule has 29 heavy (non-hydrogen) atoms. The highest BCUT2D eigenvalue weighted by Crippen LogP contribution is 2.38. The lowest BCUT2D eigenvalue weighted by atomic mass is 9.80. The van der Waals surface area contributed by atoms with Crippen LogP contribution in [0.3, 0.4) is 0 Å². The van der Waals surface area contributed by atoms with Crippen molar-refractivity contribution in [2.24, 2.45) is 11.8 Å². The molecule has 2 aliphatic heterocycles. The van der Waals surface area contributed by atoms with Crippen LogP contribution < -0.4 is 5.32 Å². The van der Waals surface area contributed by atoms with Crippen molar-refractivity contribution in [3.05, 3.63) is 70.2 Å². The Hall–Kier alpha value is -1.65. The topological polar surface area (TPSA) is 32.3 Å². The summed E-state index contributed by atoms with van der Waals surface area (Å²) < 4.78 is 1.11. The van der Waals surface area contributed by atoms with E-state index in [-0.39, 0.29) is 11.8 Å². The van der Waals surface area contributed by atoms with E-state index in [1.54, 1.807) is 0 Å². The number of benzene rings is 2. The molecule has 2 fully saturated rings. The van der Waals surface area contributed by atoms with Crippen molar-refractivity contribution in [3.8, 4) is 0 Å². The quantitative estimate of drug-likeness (QED) is 0.689. The Kier molecular flexibility index (Phi) is 6.41. The van der Waals surface area contributed by atoms with Crippen LogP contribution in [0.2, 0.25) is 0 Å². The van der Waals surface area contributed by atoms with Gasteiger partial charge >= 0.3 is 0 Å². The second kappa shape index (κ2) is 9.01. The van der Waals surface area contributed by atoms with Gasteiger partial charge in [-0.15, -0.1) is 0 Å². The zero-order valence-electron chi connectivity index (χ0n) is 17.4. The number of amides is 1. The van der Waals surface area contributed by atoms with Crippen molar-refractivity contribution < 1.29 is 4.79 Å². The summed E-state index contributed by atoms with van der Waals surface area (Å²) in [6.07, 6.45) is 2.12. The van der Waals surface area contributed by atoms with Gasteiger partial charge in [-0.25, -0.2) is 0 Å². The number of hydrogen-bond donors (Lipinski definition) is 1. The normalized spacial score (nSPS) is 27.4. The molecule has 0 spiro atoms. The monoisotopic (exact) mass is 454 g/mol. The first-order valence-electron chi connectivity index (χ1n) is 10.9. The summed E-state index contributed by atoms with van der Waals surface area (Å²) in [5.41, 5.74) is 2.66. The number of nitrogens with one attached hydrogen (secondary N) is 1. The van der Waals surface area contributed by atoms with Gasteiger partial charge < -0.3 is 10.2 Å². The van der Waals surface area contributed by atoms with E-state index in [9.17, 15) is 4.79 Å². The van der Waals surface area contributed by atoms with Gasteiger partial charge in [-0.1, -0.05) is 78.3 Å². The molecule has 2 saturated heterocycles. The second-order valence-corrected chi connectivity index (χ2v) is 9.72. The molecule has 0 saturated carbocycles. The predicted octanol–water partition coefficient (Wildman–Crippen LogP) is 5.18. The van der Waals surface area contributed by atoms with Gasteiger partial charge in [0.1, 0.15) is 0 Å². The predicted molar refractivity (Wildman–Crippen MR) is 122 cm³/mol. The molecule has 2 heterocycles. The first-order chi connectivity index (χ1) is 14.1. The van der Waals surface area contributed by atoms with Crippen LogP contribution in [0.25, 0.3) is 0 Å². The van der Waals surface area contributed by atoms with Crippen molar-refractivity contribution in [2.45, 2.75) is 44.6 Å². The van der Waals surface area contributed by atoms with Crippen LogP contribution in [-0.2, 0) is 4.79 Å². The Balaban J connectivity index is 1.53. The number of carbonyl (C=O) groups is 1. The van der Waals surface area contributed by atoms with Gasteiger partial charge in [0.05, 0.1) is 5.92 Å². The maximum atomic E-state index is 13.7. The number of rotatable bonds is 4. The summed E-state index contributed by atoms with van der Waals surface area (Å²) in [5.74, 6) is 1.59. The summed E-state index contributed by atoms with van der Waals surface area (Å²) in [6, 6.07) is 19.5. The van der Waals surface area contributed by atoms with E-state index in [1.807, 2.05) is 6.07 Å². The molecule has 0 unspecified atom stereocenters. The van der Waals surface area contributed by atoms with Crippen LogP contribution in [0.15, 0.2) is 59.1 Å². The lowest BCUT2D eigenvalue weighted by Gasteiger charge is -2.43. The van der Waals surface area contributed by atoms with Crippen LogP contribution >= 0.6 is 15.9 Å². The molecular weight excluding hydrogens is 424 g/mol. The molecule has 4 heteroatoms. The molecule has 0 bridgehead atoms. The van der Waals surface area contributed by atoms with Crippen molar-refractivity contribution in [1.29, 1.82) is 0 Å². The van der Waals surface area contributed by atoms with E-state index in [0.29, 0.717) is 23.8 Å². The lowest BCUT2D eigenvalue weighted by molar-refractivity contribution is -0.140. The maximum Gasteiger partial charge on any atom is 0.227 e. The summed E-state index contributed by atoms with van der Waals surface area (Å²) in [5, 5.41) is 3.48. The van der Waals surface area contributed by atoms with Crippen LogP contribution in [-0.4, -0.2) is 36.5 Å². The van der Waals surface area contributed by atoms with Crippen molar-refractivity contribution in [2.75, 3.05) is 19.6 Å². The fourth-order valence-corrected chi connectivity index (χ4v) is 5.76. The Bertz CT molecular complexity index is 838. The van der Waals surface area contributed by atoms with Gasteiger partial charge in [-0.2, -0.15) is 0 Å². The van der Waals surface area contributed by atoms with Gasteiger partial charge in [-0.05, 0) is 41.9 Å². The highest BCUT2D eigenvalue weighted by molar-refractivity contribution is 9.10. The molecule has 0 radical (unpaired) electrons. The molecule has 0 aliphatic carbocycles. The number of carbonyl (C=O) groups excluding carboxylic acids is 1. The number of likely N-dealkylation sites (tertiary alicyclic amines) is 1. The second-order valence-electron chi connectivity index (χ2n) is 8.87. The van der Waals surface area contributed by atoms with Crippen molar-refractivity contribution >= 4 is 21.8 Å². The van der Waals surface area contributed by atoms with E-state index in [2.05, 4.69) is 88.5 Å². The minimum absolute atomic E-state index is 0.0169. The maximum absolute atomic E-state index is 13.7. The molecule has 4 atom stereocenters. The largest absolute Gasteiger partial charge is 0.339 e. The third-order valence-electron chi connectivity index (χ3n) is 6.80. The highest BCUT2D eigenvalue weighted by Gasteiger charge is 2.41. The molecule has 2 aromatic rings. The third kappa shape index (κ3) is 4.29. The Labute approximate surface area is 183 Å². The summed E-state index contributed by atoms with van der Waals surface area (Å²) in [7, 11) is 0. The van der Waals surface area contributed by atoms with Gasteiger partial charge in [0.15, 0.2) is 0 Å². The van der Waals surface area contributed by atoms with Gasteiger partial charge in [-0.3, -0.25) is 4.79 Å². The fraction of sp³-hybridized carbons (Fsp3) is 0.480. The first-order valence-corrected chi connectivity index (χ1v) is 11.7. The Morgan fingerprint density at radius 3 is 2.52 bits per heavy atom. The lowest BCUT2D eigenvalue weighted by Crippen LogP contribution is -2.51. The average molecular weight is 455 g/mol. The molecule has 4 rings (SSSR count). The molecule has 1 N–H and O–H groups in total. The van der Waals surface area contributed by atoms with E-state index in [4.69, 9.17) is 0 Å². The van der Waals surface area contributed by atoms with Crippen LogP contribution in [0.5, 0.6) is 0 Å². The zero-order chi connectivity index (χ0) is 20.4. The minimum atomic E-state index is 0.0169. The molecule has 3 nitrogen and oxygen atoms in total. The Morgan fingerprint density at radius 1 is 1.07 bits per heavy atom. The van der Waals surface area contributed by atoms with E-state index in [1.165, 1.54) is 11.1 Å². The SMILES string of the molecule is CC(C)[C@H]1C[C@@H](c2ccccc2)CCN1C(=O)[C@@H]1CNC[C@H]1c1ccccc1Br. The molecular formula is C25H31BrN2O. The summed E-state index contributed by atoms with van der Waals surface area (Å²) in [6.45, 7) is 7.02. The standard InChI is InChI=1S/C25H31BrN2O/c1-17(2)24-14-19(18-8-4-3-5-9-18)12-13-28(24)25(29)22-16-27-15-21(22)20-10-6-7-11-23(20)26/h3-11,17,19,21-22,24,27H,12-16H2,1-2H3/t19-,21-,22+,24+/m0/s1. The zero-order valence-corrected chi connectivity index (χ0v) is 18.9. The summed E-state index contributed by atoms with van der Waals surface area (Å²) >= 11 is 3.70. The average Bonchev–Trinajstić information content (AvgIpc) is 3.23. The van der Waals surface area contributed by atoms with E-state index >= 15 is 0 Å². The third-order valence-corrected chi connectivity index (χ3v) is 7.53. The van der Waals surface area contributed by atoms with Gasteiger partial charge in [0.25, 0.3) is 0 Å². The molecule has 154 valence electrons. The van der Waals surface area contributed by atoms with Crippen LogP contribution in [0.4, 0.5) is 0 Å². The Morgan fingerprint density at radius 2 is 1.79 bits per heavy atom. The van der Waals surface area contributed by atoms with Crippen molar-refractivity contribution in [3.63, 3.8) is 0 Å². The smallest absolute Gasteiger partial charge is 0.227 e. The van der Waals surface area contributed by atoms with Crippen LogP contribution in [0, 0.1) is 11.8 Å². The van der Waals surface area contributed by atoms with Crippen LogP contribution in [0.1, 0.15) is 49.7 Å². The molecule has 2 aromatic carbocycles. The number of hydrogen-bond acceptors (Lipinski definition) is 2. The number of piperidine rings is 1. The summed E-state index contributed by atoms with van der Waals surface area (Å²) in [4.78, 5) is 15.9. The molecule has 1 amide bonds. The minimum Gasteiger partial charge on any atom is -0.339 e. The molecule has 2 aliphatic rings. The van der Waals surface area contributed by atoms with Crippen molar-refractivity contribution in [1.82, 2.24) is 10.2 Å². The van der Waals surface area contributed by atoms with E-state index in [0.717, 1.165) is 36.9 Å². The molecule has 0 aromatic heterocycles. The number of halogens is 1. The van der Waals surface area contributed by atoms with Gasteiger partial charge in [0.2, 0.25) is 5.91 Å². The first kappa shape index (κ1) is 20.6.